The van der Waals surface area contributed by atoms with Crippen molar-refractivity contribution in [3.8, 4) is 0 Å². The molecule has 0 saturated carbocycles. The van der Waals surface area contributed by atoms with Crippen LogP contribution in [-0.2, 0) is 13.0 Å². The Morgan fingerprint density at radius 2 is 2.10 bits per heavy atom. The normalized spacial score (nSPS) is 10.5. The first kappa shape index (κ1) is 14.7. The summed E-state index contributed by atoms with van der Waals surface area (Å²) in [4.78, 5) is 19.1. The summed E-state index contributed by atoms with van der Waals surface area (Å²) in [5, 5.41) is 9.18. The third-order valence-electron chi connectivity index (χ3n) is 3.04. The number of rotatable bonds is 6. The molecular formula is C15H18N2O2S. The number of aryl methyl sites for hydroxylation is 1. The van der Waals surface area contributed by atoms with Crippen LogP contribution in [0.3, 0.4) is 0 Å². The average molecular weight is 290 g/mol. The standard InChI is InChI=1S/C15H18N2O2S/c1-2-13-14(20-11-16-13)15(19)17(8-9-18)10-12-6-4-3-5-7-12/h3-7,11,18H,2,8-10H2,1H3. The molecule has 0 atom stereocenters. The van der Waals surface area contributed by atoms with Crippen molar-refractivity contribution in [1.29, 1.82) is 0 Å². The smallest absolute Gasteiger partial charge is 0.266 e. The van der Waals surface area contributed by atoms with Gasteiger partial charge in [0.05, 0.1) is 17.8 Å². The molecule has 0 unspecified atom stereocenters. The van der Waals surface area contributed by atoms with Gasteiger partial charge in [-0.25, -0.2) is 4.98 Å². The van der Waals surface area contributed by atoms with Crippen LogP contribution in [0.25, 0.3) is 0 Å². The molecule has 1 N–H and O–H groups in total. The predicted molar refractivity (Wildman–Crippen MR) is 79.8 cm³/mol. The minimum absolute atomic E-state index is 0.0428. The van der Waals surface area contributed by atoms with Crippen LogP contribution in [0.4, 0.5) is 0 Å². The highest BCUT2D eigenvalue weighted by Gasteiger charge is 2.20. The average Bonchev–Trinajstić information content (AvgIpc) is 2.95. The second-order valence-corrected chi connectivity index (χ2v) is 5.27. The summed E-state index contributed by atoms with van der Waals surface area (Å²) in [5.41, 5.74) is 3.58. The topological polar surface area (TPSA) is 53.4 Å². The second-order valence-electron chi connectivity index (χ2n) is 4.42. The maximum absolute atomic E-state index is 12.6. The van der Waals surface area contributed by atoms with Crippen molar-refractivity contribution in [1.82, 2.24) is 9.88 Å². The Bertz CT molecular complexity index is 554. The molecule has 0 fully saturated rings. The molecule has 106 valence electrons. The van der Waals surface area contributed by atoms with E-state index in [0.717, 1.165) is 17.7 Å². The Hall–Kier alpha value is -1.72. The summed E-state index contributed by atoms with van der Waals surface area (Å²) in [6.07, 6.45) is 0.739. The highest BCUT2D eigenvalue weighted by molar-refractivity contribution is 7.11. The monoisotopic (exact) mass is 290 g/mol. The quantitative estimate of drug-likeness (QED) is 0.888. The second kappa shape index (κ2) is 7.17. The minimum atomic E-state index is -0.0535. The number of aliphatic hydroxyl groups excluding tert-OH is 1. The summed E-state index contributed by atoms with van der Waals surface area (Å²) in [5.74, 6) is -0.0535. The van der Waals surface area contributed by atoms with E-state index < -0.39 is 0 Å². The van der Waals surface area contributed by atoms with Gasteiger partial charge in [-0.3, -0.25) is 4.79 Å². The molecule has 0 aliphatic rings. The first-order chi connectivity index (χ1) is 9.76. The van der Waals surface area contributed by atoms with Gasteiger partial charge in [-0.15, -0.1) is 11.3 Å². The Morgan fingerprint density at radius 3 is 2.75 bits per heavy atom. The number of carbonyl (C=O) groups excluding carboxylic acids is 1. The van der Waals surface area contributed by atoms with Gasteiger partial charge in [-0.05, 0) is 12.0 Å². The Labute approximate surface area is 122 Å². The van der Waals surface area contributed by atoms with Crippen LogP contribution in [-0.4, -0.2) is 34.0 Å². The van der Waals surface area contributed by atoms with Crippen LogP contribution in [0.5, 0.6) is 0 Å². The van der Waals surface area contributed by atoms with Crippen LogP contribution >= 0.6 is 11.3 Å². The maximum Gasteiger partial charge on any atom is 0.266 e. The number of hydrogen-bond donors (Lipinski definition) is 1. The molecule has 0 aliphatic heterocycles. The van der Waals surface area contributed by atoms with Gasteiger partial charge in [0, 0.05) is 13.1 Å². The van der Waals surface area contributed by atoms with E-state index in [-0.39, 0.29) is 12.5 Å². The number of amides is 1. The lowest BCUT2D eigenvalue weighted by molar-refractivity contribution is 0.0711. The number of nitrogens with zero attached hydrogens (tertiary/aromatic N) is 2. The van der Waals surface area contributed by atoms with Crippen molar-refractivity contribution in [2.75, 3.05) is 13.2 Å². The fraction of sp³-hybridized carbons (Fsp3) is 0.333. The lowest BCUT2D eigenvalue weighted by Gasteiger charge is -2.21. The molecule has 2 aromatic rings. The van der Waals surface area contributed by atoms with Crippen molar-refractivity contribution >= 4 is 17.2 Å². The van der Waals surface area contributed by atoms with Gasteiger partial charge in [-0.2, -0.15) is 0 Å². The first-order valence-electron chi connectivity index (χ1n) is 6.62. The van der Waals surface area contributed by atoms with Crippen LogP contribution in [0.15, 0.2) is 35.8 Å². The summed E-state index contributed by atoms with van der Waals surface area (Å²) in [6.45, 7) is 2.77. The largest absolute Gasteiger partial charge is 0.395 e. The van der Waals surface area contributed by atoms with E-state index in [4.69, 9.17) is 0 Å². The van der Waals surface area contributed by atoms with Gasteiger partial charge in [0.25, 0.3) is 5.91 Å². The highest BCUT2D eigenvalue weighted by atomic mass is 32.1. The van der Waals surface area contributed by atoms with E-state index in [1.54, 1.807) is 10.4 Å². The van der Waals surface area contributed by atoms with E-state index in [1.165, 1.54) is 11.3 Å². The van der Waals surface area contributed by atoms with Crippen LogP contribution in [0.2, 0.25) is 0 Å². The molecule has 0 saturated heterocycles. The Balaban J connectivity index is 2.18. The number of hydrogen-bond acceptors (Lipinski definition) is 4. The van der Waals surface area contributed by atoms with Gasteiger partial charge < -0.3 is 10.0 Å². The lowest BCUT2D eigenvalue weighted by atomic mass is 10.2. The Morgan fingerprint density at radius 1 is 1.35 bits per heavy atom. The van der Waals surface area contributed by atoms with Gasteiger partial charge >= 0.3 is 0 Å². The molecule has 2 rings (SSSR count). The van der Waals surface area contributed by atoms with E-state index in [9.17, 15) is 9.90 Å². The lowest BCUT2D eigenvalue weighted by Crippen LogP contribution is -2.33. The highest BCUT2D eigenvalue weighted by Crippen LogP contribution is 2.18. The van der Waals surface area contributed by atoms with Crippen molar-refractivity contribution in [2.24, 2.45) is 0 Å². The molecule has 1 heterocycles. The number of thiazole rings is 1. The van der Waals surface area contributed by atoms with Gasteiger partial charge in [0.2, 0.25) is 0 Å². The number of benzene rings is 1. The number of aromatic nitrogens is 1. The zero-order valence-corrected chi connectivity index (χ0v) is 12.3. The van der Waals surface area contributed by atoms with Crippen LogP contribution in [0, 0.1) is 0 Å². The summed E-state index contributed by atoms with van der Waals surface area (Å²) in [6, 6.07) is 9.79. The van der Waals surface area contributed by atoms with Crippen molar-refractivity contribution in [3.63, 3.8) is 0 Å². The third kappa shape index (κ3) is 3.43. The minimum Gasteiger partial charge on any atom is -0.395 e. The molecule has 0 aliphatic carbocycles. The van der Waals surface area contributed by atoms with Crippen molar-refractivity contribution in [3.05, 3.63) is 52.0 Å². The van der Waals surface area contributed by atoms with Crippen molar-refractivity contribution in [2.45, 2.75) is 19.9 Å². The van der Waals surface area contributed by atoms with Crippen LogP contribution in [0.1, 0.15) is 27.9 Å². The van der Waals surface area contributed by atoms with Gasteiger partial charge in [-0.1, -0.05) is 37.3 Å². The van der Waals surface area contributed by atoms with E-state index in [1.807, 2.05) is 37.3 Å². The van der Waals surface area contributed by atoms with Gasteiger partial charge in [0.1, 0.15) is 4.88 Å². The van der Waals surface area contributed by atoms with Gasteiger partial charge in [0.15, 0.2) is 0 Å². The molecule has 4 nitrogen and oxygen atoms in total. The molecule has 1 amide bonds. The molecule has 1 aromatic carbocycles. The zero-order valence-electron chi connectivity index (χ0n) is 11.5. The molecule has 1 aromatic heterocycles. The van der Waals surface area contributed by atoms with E-state index >= 15 is 0 Å². The fourth-order valence-corrected chi connectivity index (χ4v) is 2.86. The summed E-state index contributed by atoms with van der Waals surface area (Å²) < 4.78 is 0. The molecular weight excluding hydrogens is 272 g/mol. The summed E-state index contributed by atoms with van der Waals surface area (Å²) >= 11 is 1.36. The maximum atomic E-state index is 12.6. The molecule has 0 bridgehead atoms. The molecule has 0 spiro atoms. The fourth-order valence-electron chi connectivity index (χ4n) is 2.02. The molecule has 20 heavy (non-hydrogen) atoms. The zero-order chi connectivity index (χ0) is 14.4. The van der Waals surface area contributed by atoms with E-state index in [0.29, 0.717) is 18.0 Å². The predicted octanol–water partition coefficient (Wildman–Crippen LogP) is 2.34. The van der Waals surface area contributed by atoms with E-state index in [2.05, 4.69) is 4.98 Å². The van der Waals surface area contributed by atoms with Crippen LogP contribution < -0.4 is 0 Å². The summed E-state index contributed by atoms with van der Waals surface area (Å²) in [7, 11) is 0. The van der Waals surface area contributed by atoms with Crippen molar-refractivity contribution < 1.29 is 9.90 Å². The Kier molecular flexibility index (Phi) is 5.26. The third-order valence-corrected chi connectivity index (χ3v) is 3.90. The molecule has 5 heteroatoms. The first-order valence-corrected chi connectivity index (χ1v) is 7.50. The SMILES string of the molecule is CCc1ncsc1C(=O)N(CCO)Cc1ccccc1. The molecule has 0 radical (unpaired) electrons. The number of carbonyl (C=O) groups is 1. The number of aliphatic hydroxyl groups is 1.